The number of anilines is 5. The third kappa shape index (κ3) is 5.26. The summed E-state index contributed by atoms with van der Waals surface area (Å²) in [4.78, 5) is 5.22. The number of para-hydroxylation sites is 1. The van der Waals surface area contributed by atoms with Crippen LogP contribution in [-0.2, 0) is 10.8 Å². The molecule has 9 aromatic rings. The number of fused-ring (bicyclic) bond motifs is 9. The molecule has 3 nitrogen and oxygen atoms in total. The van der Waals surface area contributed by atoms with E-state index in [1.54, 1.807) is 0 Å². The van der Waals surface area contributed by atoms with Gasteiger partial charge in [0.2, 0.25) is 0 Å². The van der Waals surface area contributed by atoms with Crippen LogP contribution in [0, 0.1) is 6.92 Å². The number of aryl methyl sites for hydroxylation is 1. The van der Waals surface area contributed by atoms with Gasteiger partial charge in [-0.05, 0) is 110 Å². The van der Waals surface area contributed by atoms with Gasteiger partial charge in [0, 0.05) is 49.7 Å². The smallest absolute Gasteiger partial charge is 0.334 e. The summed E-state index contributed by atoms with van der Waals surface area (Å²) in [7, 11) is 0. The summed E-state index contributed by atoms with van der Waals surface area (Å²) in [6.45, 7) is 16.0. The zero-order chi connectivity index (χ0) is 39.7. The van der Waals surface area contributed by atoms with Crippen molar-refractivity contribution < 1.29 is 4.42 Å². The van der Waals surface area contributed by atoms with Gasteiger partial charge >= 0.3 is 6.85 Å². The largest absolute Gasteiger partial charge is 0.456 e. The molecule has 5 heteroatoms. The van der Waals surface area contributed by atoms with Gasteiger partial charge < -0.3 is 14.1 Å². The molecule has 0 radical (unpaired) electrons. The highest BCUT2D eigenvalue weighted by atomic mass is 32.1. The standard InChI is InChI=1S/C53H45BN2OS/c1-32-27-42-40-30-41-37-17-11-13-19-46(37)57-47(41)31-44(40)56(36-24-21-34(22-25-36)52(2,3)4)54-49(42)45(28-32)55(51-50(54)38-18-12-14-20-48(38)58-51)43-26-23-35(53(5,6)7)29-39(43)33-15-9-8-10-16-33/h8-31H,1-7H3. The Labute approximate surface area is 345 Å². The molecule has 4 heterocycles. The Morgan fingerprint density at radius 1 is 0.517 bits per heavy atom. The number of hydrogen-bond donors (Lipinski definition) is 0. The van der Waals surface area contributed by atoms with Crippen molar-refractivity contribution >= 4 is 88.9 Å². The zero-order valence-corrected chi connectivity index (χ0v) is 35.0. The molecule has 0 aliphatic carbocycles. The van der Waals surface area contributed by atoms with Gasteiger partial charge in [0.1, 0.15) is 11.2 Å². The Morgan fingerprint density at radius 3 is 1.97 bits per heavy atom. The average molecular weight is 769 g/mol. The van der Waals surface area contributed by atoms with Gasteiger partial charge in [0.05, 0.1) is 10.7 Å². The molecule has 0 amide bonds. The van der Waals surface area contributed by atoms with Crippen molar-refractivity contribution in [3.05, 3.63) is 162 Å². The predicted octanol–water partition coefficient (Wildman–Crippen LogP) is 14.1. The zero-order valence-electron chi connectivity index (χ0n) is 34.1. The number of hydrogen-bond acceptors (Lipinski definition) is 4. The van der Waals surface area contributed by atoms with E-state index in [1.165, 1.54) is 87.7 Å². The third-order valence-corrected chi connectivity index (χ3v) is 13.6. The first-order chi connectivity index (χ1) is 27.9. The van der Waals surface area contributed by atoms with Crippen LogP contribution in [0.1, 0.15) is 58.2 Å². The molecular formula is C53H45BN2OS. The summed E-state index contributed by atoms with van der Waals surface area (Å²) in [5.74, 6) is 0. The fourth-order valence-electron chi connectivity index (χ4n) is 9.48. The minimum atomic E-state index is -0.0863. The second kappa shape index (κ2) is 12.5. The second-order valence-electron chi connectivity index (χ2n) is 18.3. The van der Waals surface area contributed by atoms with Crippen LogP contribution < -0.4 is 20.6 Å². The van der Waals surface area contributed by atoms with E-state index in [0.717, 1.165) is 21.9 Å². The van der Waals surface area contributed by atoms with E-state index in [1.807, 2.05) is 11.3 Å². The first-order valence-electron chi connectivity index (χ1n) is 20.5. The van der Waals surface area contributed by atoms with Crippen LogP contribution in [0.5, 0.6) is 0 Å². The van der Waals surface area contributed by atoms with Crippen LogP contribution in [0.3, 0.4) is 0 Å². The van der Waals surface area contributed by atoms with E-state index in [-0.39, 0.29) is 17.7 Å². The lowest BCUT2D eigenvalue weighted by molar-refractivity contribution is 0.590. The van der Waals surface area contributed by atoms with Gasteiger partial charge in [-0.3, -0.25) is 0 Å². The highest BCUT2D eigenvalue weighted by Crippen LogP contribution is 2.53. The van der Waals surface area contributed by atoms with E-state index >= 15 is 0 Å². The van der Waals surface area contributed by atoms with Gasteiger partial charge in [0.25, 0.3) is 0 Å². The maximum atomic E-state index is 6.64. The van der Waals surface area contributed by atoms with Crippen LogP contribution in [0.15, 0.2) is 150 Å². The monoisotopic (exact) mass is 768 g/mol. The molecule has 282 valence electrons. The molecule has 0 unspecified atom stereocenters. The SMILES string of the molecule is Cc1cc2c3c(c1)N(c1ccc(C(C)(C)C)cc1-c1ccccc1)c1sc4ccccc4c1B3N(c1ccc(C(C)(C)C)cc1)c1cc3oc4ccccc4c3cc1-2. The van der Waals surface area contributed by atoms with Crippen LogP contribution in [0.2, 0.25) is 0 Å². The van der Waals surface area contributed by atoms with E-state index in [9.17, 15) is 0 Å². The van der Waals surface area contributed by atoms with Gasteiger partial charge in [0.15, 0.2) is 0 Å². The molecule has 11 rings (SSSR count). The fourth-order valence-corrected chi connectivity index (χ4v) is 10.7. The topological polar surface area (TPSA) is 19.6 Å². The maximum Gasteiger partial charge on any atom is 0.334 e. The molecule has 0 saturated carbocycles. The van der Waals surface area contributed by atoms with Crippen molar-refractivity contribution in [2.24, 2.45) is 0 Å². The number of benzene rings is 7. The van der Waals surface area contributed by atoms with Crippen molar-refractivity contribution in [3.63, 3.8) is 0 Å². The van der Waals surface area contributed by atoms with Crippen LogP contribution in [-0.4, -0.2) is 6.85 Å². The summed E-state index contributed by atoms with van der Waals surface area (Å²) < 4.78 is 7.93. The lowest BCUT2D eigenvalue weighted by atomic mass is 9.43. The number of nitrogens with zero attached hydrogens (tertiary/aromatic N) is 2. The molecule has 0 saturated heterocycles. The molecule has 0 fully saturated rings. The van der Waals surface area contributed by atoms with E-state index < -0.39 is 0 Å². The molecule has 0 spiro atoms. The molecule has 0 atom stereocenters. The van der Waals surface area contributed by atoms with E-state index in [0.29, 0.717) is 0 Å². The van der Waals surface area contributed by atoms with Crippen molar-refractivity contribution in [2.45, 2.75) is 59.3 Å². The summed E-state index contributed by atoms with van der Waals surface area (Å²) in [5.41, 5.74) is 18.1. The minimum Gasteiger partial charge on any atom is -0.456 e. The quantitative estimate of drug-likeness (QED) is 0.167. The number of rotatable bonds is 3. The molecule has 2 aliphatic rings. The minimum absolute atomic E-state index is 0.00430. The lowest BCUT2D eigenvalue weighted by Crippen LogP contribution is -2.61. The highest BCUT2D eigenvalue weighted by Gasteiger charge is 2.47. The molecule has 2 aromatic heterocycles. The molecule has 58 heavy (non-hydrogen) atoms. The Bertz CT molecular complexity index is 3110. The maximum absolute atomic E-state index is 6.64. The predicted molar refractivity (Wildman–Crippen MR) is 250 cm³/mol. The van der Waals surface area contributed by atoms with Crippen LogP contribution in [0.4, 0.5) is 27.8 Å². The summed E-state index contributed by atoms with van der Waals surface area (Å²) in [6.07, 6.45) is 0. The highest BCUT2D eigenvalue weighted by molar-refractivity contribution is 7.26. The van der Waals surface area contributed by atoms with E-state index in [4.69, 9.17) is 4.42 Å². The Hall–Kier alpha value is -6.04. The normalized spacial score (nSPS) is 13.7. The van der Waals surface area contributed by atoms with Crippen molar-refractivity contribution in [1.82, 2.24) is 0 Å². The average Bonchev–Trinajstić information content (AvgIpc) is 3.78. The van der Waals surface area contributed by atoms with E-state index in [2.05, 4.69) is 204 Å². The van der Waals surface area contributed by atoms with Crippen LogP contribution >= 0.6 is 11.3 Å². The summed E-state index contributed by atoms with van der Waals surface area (Å²) in [5, 5.41) is 4.85. The first-order valence-corrected chi connectivity index (χ1v) is 21.3. The third-order valence-electron chi connectivity index (χ3n) is 12.4. The lowest BCUT2D eigenvalue weighted by Gasteiger charge is -2.45. The van der Waals surface area contributed by atoms with Crippen LogP contribution in [0.25, 0.3) is 54.3 Å². The van der Waals surface area contributed by atoms with Gasteiger partial charge in [-0.25, -0.2) is 0 Å². The van der Waals surface area contributed by atoms with Crippen molar-refractivity contribution in [2.75, 3.05) is 9.71 Å². The Morgan fingerprint density at radius 2 is 1.21 bits per heavy atom. The Kier molecular flexibility index (Phi) is 7.56. The first kappa shape index (κ1) is 35.2. The number of furan rings is 1. The molecule has 7 aromatic carbocycles. The Balaban J connectivity index is 1.27. The van der Waals surface area contributed by atoms with Gasteiger partial charge in [-0.2, -0.15) is 0 Å². The molecule has 0 bridgehead atoms. The van der Waals surface area contributed by atoms with Crippen molar-refractivity contribution in [1.29, 1.82) is 0 Å². The molecular weight excluding hydrogens is 723 g/mol. The molecule has 0 N–H and O–H groups in total. The fraction of sp³-hybridized carbons (Fsp3) is 0.170. The van der Waals surface area contributed by atoms with Gasteiger partial charge in [-0.15, -0.1) is 11.3 Å². The number of thiophene rings is 1. The second-order valence-corrected chi connectivity index (χ2v) is 19.3. The van der Waals surface area contributed by atoms with Crippen molar-refractivity contribution in [3.8, 4) is 22.3 Å². The summed E-state index contributed by atoms with van der Waals surface area (Å²) in [6, 6.07) is 54.5. The summed E-state index contributed by atoms with van der Waals surface area (Å²) >= 11 is 1.91. The molecule has 2 aliphatic heterocycles. The van der Waals surface area contributed by atoms with Gasteiger partial charge in [-0.1, -0.05) is 133 Å².